The average Bonchev–Trinajstić information content (AvgIpc) is 3.06. The van der Waals surface area contributed by atoms with Gasteiger partial charge in [-0.25, -0.2) is 17.6 Å². The van der Waals surface area contributed by atoms with Crippen LogP contribution in [0.15, 0.2) is 67.3 Å². The summed E-state index contributed by atoms with van der Waals surface area (Å²) in [6.07, 6.45) is 18.9. The minimum absolute atomic E-state index is 0.161. The second kappa shape index (κ2) is 15.2. The van der Waals surface area contributed by atoms with E-state index in [1.165, 1.54) is 32.1 Å². The fourth-order valence-corrected chi connectivity index (χ4v) is 7.43. The van der Waals surface area contributed by atoms with Crippen LogP contribution in [0.3, 0.4) is 0 Å². The molecule has 1 fully saturated rings. The van der Waals surface area contributed by atoms with Crippen LogP contribution in [-0.2, 0) is 6.42 Å². The van der Waals surface area contributed by atoms with E-state index < -0.39 is 23.3 Å². The molecule has 0 aliphatic heterocycles. The first kappa shape index (κ1) is 32.3. The van der Waals surface area contributed by atoms with Gasteiger partial charge in [-0.05, 0) is 97.8 Å². The van der Waals surface area contributed by atoms with Crippen LogP contribution in [0.5, 0.6) is 0 Å². The van der Waals surface area contributed by atoms with Crippen LogP contribution in [0, 0.1) is 41.0 Å². The van der Waals surface area contributed by atoms with E-state index in [2.05, 4.69) is 19.6 Å². The third-order valence-electron chi connectivity index (χ3n) is 10.2. The lowest BCUT2D eigenvalue weighted by molar-refractivity contribution is 0.190. The number of rotatable bonds is 12. The van der Waals surface area contributed by atoms with Gasteiger partial charge >= 0.3 is 0 Å². The molecule has 2 aliphatic rings. The average molecular weight is 603 g/mol. The third-order valence-corrected chi connectivity index (χ3v) is 10.2. The predicted octanol–water partition coefficient (Wildman–Crippen LogP) is 12.7. The van der Waals surface area contributed by atoms with Crippen LogP contribution < -0.4 is 0 Å². The summed E-state index contributed by atoms with van der Waals surface area (Å²) in [6.45, 7) is 5.96. The quantitative estimate of drug-likeness (QED) is 0.110. The zero-order chi connectivity index (χ0) is 31.1. The van der Waals surface area contributed by atoms with Gasteiger partial charge in [0.05, 0.1) is 0 Å². The molecule has 0 heterocycles. The molecule has 2 aliphatic carbocycles. The summed E-state index contributed by atoms with van der Waals surface area (Å²) in [5.74, 6) is -1.18. The lowest BCUT2D eigenvalue weighted by Gasteiger charge is -2.35. The lowest BCUT2D eigenvalue weighted by Crippen LogP contribution is -2.23. The van der Waals surface area contributed by atoms with E-state index in [0.717, 1.165) is 68.8 Å². The van der Waals surface area contributed by atoms with Crippen molar-refractivity contribution >= 4 is 5.57 Å². The Bertz CT molecular complexity index is 1440. The standard InChI is InChI=1S/C40H46F4/c1-3-5-7-8-10-33-23-24-34(38(42)37(33)41)31-19-21-32(22-20-31)36-26-25-35(39(43)40(36)44)30-17-15-29(16-18-30)28-13-11-27(12-14-28)9-6-4-2/h4,17,19-29H,2-3,5-16,18H2,1H3. The normalized spacial score (nSPS) is 20.4. The molecular weight excluding hydrogens is 556 g/mol. The number of halogens is 4. The van der Waals surface area contributed by atoms with Crippen LogP contribution in [0.2, 0.25) is 0 Å². The maximum absolute atomic E-state index is 15.4. The summed E-state index contributed by atoms with van der Waals surface area (Å²) in [5.41, 5.74) is 2.94. The molecule has 0 nitrogen and oxygen atoms in total. The van der Waals surface area contributed by atoms with E-state index in [4.69, 9.17) is 0 Å². The van der Waals surface area contributed by atoms with Crippen molar-refractivity contribution in [1.82, 2.24) is 0 Å². The Hall–Kier alpha value is -3.14. The zero-order valence-electron chi connectivity index (χ0n) is 26.1. The molecule has 0 radical (unpaired) electrons. The molecule has 0 bridgehead atoms. The number of hydrogen-bond acceptors (Lipinski definition) is 0. The molecule has 3 aromatic carbocycles. The zero-order valence-corrected chi connectivity index (χ0v) is 26.1. The highest BCUT2D eigenvalue weighted by Crippen LogP contribution is 2.43. The minimum Gasteiger partial charge on any atom is -0.203 e. The predicted molar refractivity (Wildman–Crippen MR) is 175 cm³/mol. The van der Waals surface area contributed by atoms with Gasteiger partial charge in [0.15, 0.2) is 23.3 Å². The maximum atomic E-state index is 15.4. The van der Waals surface area contributed by atoms with Crippen molar-refractivity contribution in [1.29, 1.82) is 0 Å². The van der Waals surface area contributed by atoms with Gasteiger partial charge in [0.1, 0.15) is 0 Å². The summed E-state index contributed by atoms with van der Waals surface area (Å²) in [6, 6.07) is 13.1. The van der Waals surface area contributed by atoms with Gasteiger partial charge in [-0.2, -0.15) is 0 Å². The van der Waals surface area contributed by atoms with Crippen LogP contribution in [0.25, 0.3) is 27.8 Å². The molecule has 0 saturated heterocycles. The fourth-order valence-electron chi connectivity index (χ4n) is 7.43. The summed E-state index contributed by atoms with van der Waals surface area (Å²) in [4.78, 5) is 0. The molecule has 44 heavy (non-hydrogen) atoms. The molecule has 234 valence electrons. The van der Waals surface area contributed by atoms with Crippen molar-refractivity contribution in [3.05, 3.63) is 102 Å². The molecule has 0 N–H and O–H groups in total. The highest BCUT2D eigenvalue weighted by atomic mass is 19.2. The SMILES string of the molecule is C=CCCC1CCC(C2CC=C(c3ccc(-c4ccc(-c5ccc(CCCCCC)c(F)c5F)cc4)c(F)c3F)CC2)CC1. The first-order chi connectivity index (χ1) is 21.4. The van der Waals surface area contributed by atoms with Crippen molar-refractivity contribution in [2.24, 2.45) is 17.8 Å². The van der Waals surface area contributed by atoms with Crippen molar-refractivity contribution in [2.75, 3.05) is 0 Å². The highest BCUT2D eigenvalue weighted by Gasteiger charge is 2.29. The number of hydrogen-bond donors (Lipinski definition) is 0. The molecule has 0 spiro atoms. The molecule has 1 unspecified atom stereocenters. The Labute approximate surface area is 261 Å². The van der Waals surface area contributed by atoms with Crippen LogP contribution in [-0.4, -0.2) is 0 Å². The number of unbranched alkanes of at least 4 members (excludes halogenated alkanes) is 3. The molecule has 1 atom stereocenters. The fraction of sp³-hybridized carbons (Fsp3) is 0.450. The summed E-state index contributed by atoms with van der Waals surface area (Å²) in [7, 11) is 0. The molecule has 1 saturated carbocycles. The van der Waals surface area contributed by atoms with E-state index in [1.807, 2.05) is 6.08 Å². The summed E-state index contributed by atoms with van der Waals surface area (Å²) in [5, 5.41) is 0. The van der Waals surface area contributed by atoms with E-state index in [9.17, 15) is 8.78 Å². The van der Waals surface area contributed by atoms with Gasteiger partial charge < -0.3 is 0 Å². The summed E-state index contributed by atoms with van der Waals surface area (Å²) >= 11 is 0. The Morgan fingerprint density at radius 2 is 1.30 bits per heavy atom. The Balaban J connectivity index is 1.24. The van der Waals surface area contributed by atoms with E-state index in [0.29, 0.717) is 34.6 Å². The maximum Gasteiger partial charge on any atom is 0.167 e. The molecule has 4 heteroatoms. The van der Waals surface area contributed by atoms with Crippen molar-refractivity contribution in [3.8, 4) is 22.3 Å². The molecule has 0 aromatic heterocycles. The Kier molecular flexibility index (Phi) is 11.2. The number of benzene rings is 3. The van der Waals surface area contributed by atoms with E-state index in [-0.39, 0.29) is 11.1 Å². The van der Waals surface area contributed by atoms with Crippen molar-refractivity contribution < 1.29 is 17.6 Å². The Morgan fingerprint density at radius 1 is 0.682 bits per heavy atom. The van der Waals surface area contributed by atoms with E-state index >= 15 is 8.78 Å². The highest BCUT2D eigenvalue weighted by molar-refractivity contribution is 5.74. The lowest BCUT2D eigenvalue weighted by atomic mass is 9.70. The first-order valence-electron chi connectivity index (χ1n) is 16.8. The van der Waals surface area contributed by atoms with Crippen molar-refractivity contribution in [3.63, 3.8) is 0 Å². The molecule has 3 aromatic rings. The van der Waals surface area contributed by atoms with Gasteiger partial charge in [0.2, 0.25) is 0 Å². The number of aryl methyl sites for hydroxylation is 1. The molecule has 5 rings (SSSR count). The van der Waals surface area contributed by atoms with Gasteiger partial charge in [-0.15, -0.1) is 6.58 Å². The van der Waals surface area contributed by atoms with Crippen LogP contribution in [0.4, 0.5) is 17.6 Å². The smallest absolute Gasteiger partial charge is 0.167 e. The third kappa shape index (κ3) is 7.38. The van der Waals surface area contributed by atoms with Crippen molar-refractivity contribution in [2.45, 2.75) is 96.8 Å². The molecular formula is C40H46F4. The largest absolute Gasteiger partial charge is 0.203 e. The minimum atomic E-state index is -0.874. The van der Waals surface area contributed by atoms with Gasteiger partial charge in [0.25, 0.3) is 0 Å². The molecule has 0 amide bonds. The van der Waals surface area contributed by atoms with Gasteiger partial charge in [0, 0.05) is 16.7 Å². The first-order valence-corrected chi connectivity index (χ1v) is 16.8. The number of allylic oxidation sites excluding steroid dienone is 3. The monoisotopic (exact) mass is 602 g/mol. The second-order valence-corrected chi connectivity index (χ2v) is 13.0. The van der Waals surface area contributed by atoms with Gasteiger partial charge in [-0.3, -0.25) is 0 Å². The second-order valence-electron chi connectivity index (χ2n) is 13.0. The van der Waals surface area contributed by atoms with E-state index in [1.54, 1.807) is 48.5 Å². The topological polar surface area (TPSA) is 0 Å². The van der Waals surface area contributed by atoms with Gasteiger partial charge in [-0.1, -0.05) is 99.7 Å². The summed E-state index contributed by atoms with van der Waals surface area (Å²) < 4.78 is 60.6. The Morgan fingerprint density at radius 3 is 1.91 bits per heavy atom. The van der Waals surface area contributed by atoms with Crippen LogP contribution >= 0.6 is 0 Å². The van der Waals surface area contributed by atoms with Crippen LogP contribution in [0.1, 0.15) is 102 Å².